The minimum absolute atomic E-state index is 0.0154. The monoisotopic (exact) mass is 392 g/mol. The second kappa shape index (κ2) is 11.0. The van der Waals surface area contributed by atoms with E-state index in [1.165, 1.54) is 12.1 Å². The van der Waals surface area contributed by atoms with E-state index in [-0.39, 0.29) is 36.2 Å². The highest BCUT2D eigenvalue weighted by atomic mass is 19.3. The van der Waals surface area contributed by atoms with Gasteiger partial charge in [0.15, 0.2) is 0 Å². The Morgan fingerprint density at radius 3 is 2.37 bits per heavy atom. The van der Waals surface area contributed by atoms with E-state index in [0.717, 1.165) is 18.2 Å². The summed E-state index contributed by atoms with van der Waals surface area (Å²) in [5.74, 6) is -1.58. The molecule has 1 aromatic carbocycles. The van der Waals surface area contributed by atoms with Gasteiger partial charge < -0.3 is 20.1 Å². The highest BCUT2D eigenvalue weighted by molar-refractivity contribution is 5.92. The Kier molecular flexibility index (Phi) is 9.11. The first-order valence-corrected chi connectivity index (χ1v) is 7.96. The number of rotatable bonds is 10. The number of alkyl halides is 4. The van der Waals surface area contributed by atoms with E-state index in [4.69, 9.17) is 0 Å². The summed E-state index contributed by atoms with van der Waals surface area (Å²) >= 11 is 0. The van der Waals surface area contributed by atoms with Crippen LogP contribution in [-0.2, 0) is 9.59 Å². The van der Waals surface area contributed by atoms with Crippen LogP contribution in [0.4, 0.5) is 17.6 Å². The molecule has 0 spiro atoms. The van der Waals surface area contributed by atoms with Crippen LogP contribution in [0.3, 0.4) is 0 Å². The van der Waals surface area contributed by atoms with Gasteiger partial charge in [-0.2, -0.15) is 17.6 Å². The van der Waals surface area contributed by atoms with Gasteiger partial charge in [0.1, 0.15) is 11.5 Å². The third-order valence-corrected chi connectivity index (χ3v) is 2.94. The fourth-order valence-electron chi connectivity index (χ4n) is 1.94. The number of amides is 2. The predicted molar refractivity (Wildman–Crippen MR) is 89.6 cm³/mol. The maximum atomic E-state index is 12.5. The Labute approximate surface area is 153 Å². The lowest BCUT2D eigenvalue weighted by atomic mass is 10.1. The molecule has 0 atom stereocenters. The quantitative estimate of drug-likeness (QED) is 0.474. The van der Waals surface area contributed by atoms with Crippen LogP contribution in [0.5, 0.6) is 11.5 Å². The number of benzene rings is 1. The normalized spacial score (nSPS) is 11.3. The Morgan fingerprint density at radius 2 is 1.78 bits per heavy atom. The molecule has 0 aliphatic rings. The molecular weight excluding hydrogens is 372 g/mol. The van der Waals surface area contributed by atoms with Crippen LogP contribution in [0, 0.1) is 0 Å². The molecule has 27 heavy (non-hydrogen) atoms. The van der Waals surface area contributed by atoms with Crippen LogP contribution < -0.4 is 20.1 Å². The van der Waals surface area contributed by atoms with E-state index in [2.05, 4.69) is 20.1 Å². The maximum Gasteiger partial charge on any atom is 0.387 e. The lowest BCUT2D eigenvalue weighted by Gasteiger charge is -2.11. The van der Waals surface area contributed by atoms with Gasteiger partial charge in [-0.1, -0.05) is 0 Å². The molecule has 2 N–H and O–H groups in total. The largest absolute Gasteiger partial charge is 0.435 e. The smallest absolute Gasteiger partial charge is 0.387 e. The van der Waals surface area contributed by atoms with Crippen LogP contribution in [0.2, 0.25) is 0 Å². The number of halogens is 4. The van der Waals surface area contributed by atoms with Crippen LogP contribution >= 0.6 is 0 Å². The first-order chi connectivity index (χ1) is 12.7. The Hall–Kier alpha value is -2.78. The topological polar surface area (TPSA) is 76.7 Å². The lowest BCUT2D eigenvalue weighted by molar-refractivity contribution is -0.121. The van der Waals surface area contributed by atoms with Crippen molar-refractivity contribution >= 4 is 17.9 Å². The third-order valence-electron chi connectivity index (χ3n) is 2.94. The Balaban J connectivity index is 2.69. The highest BCUT2D eigenvalue weighted by Crippen LogP contribution is 2.28. The zero-order valence-electron chi connectivity index (χ0n) is 14.7. The van der Waals surface area contributed by atoms with Crippen molar-refractivity contribution in [1.29, 1.82) is 0 Å². The molecule has 1 rings (SSSR count). The van der Waals surface area contributed by atoms with Crippen molar-refractivity contribution in [3.8, 4) is 11.5 Å². The third kappa shape index (κ3) is 9.47. The van der Waals surface area contributed by atoms with Gasteiger partial charge in [-0.3, -0.25) is 9.59 Å². The number of carbonyl (C=O) groups excluding carboxylic acids is 2. The molecule has 6 nitrogen and oxygen atoms in total. The zero-order chi connectivity index (χ0) is 20.4. The van der Waals surface area contributed by atoms with Gasteiger partial charge in [-0.15, -0.1) is 0 Å². The predicted octanol–water partition coefficient (Wildman–Crippen LogP) is 2.93. The molecule has 0 unspecified atom stereocenters. The number of hydrogen-bond donors (Lipinski definition) is 2. The molecule has 0 aromatic heterocycles. The summed E-state index contributed by atoms with van der Waals surface area (Å²) < 4.78 is 57.7. The van der Waals surface area contributed by atoms with Crippen LogP contribution in [0.15, 0.2) is 24.3 Å². The maximum absolute atomic E-state index is 12.5. The van der Waals surface area contributed by atoms with E-state index >= 15 is 0 Å². The molecular formula is C17H20F4N2O4. The minimum atomic E-state index is -3.19. The van der Waals surface area contributed by atoms with E-state index < -0.39 is 24.9 Å². The summed E-state index contributed by atoms with van der Waals surface area (Å²) in [5.41, 5.74) is 0.0598. The number of nitrogens with one attached hydrogen (secondary N) is 2. The average Bonchev–Trinajstić information content (AvgIpc) is 2.52. The standard InChI is InChI=1S/C17H20F4N2O4/c1-10(2)23-15(25)7-8-22-14(24)6-4-11-3-5-12(26-16(18)19)9-13(11)27-17(20)21/h3-6,9-10,16-17H,7-8H2,1-2H3,(H,22,24)(H,23,25)/b6-4+. The van der Waals surface area contributed by atoms with E-state index in [9.17, 15) is 27.2 Å². The first kappa shape index (κ1) is 22.3. The molecule has 0 aliphatic heterocycles. The number of carbonyl (C=O) groups is 2. The van der Waals surface area contributed by atoms with Gasteiger partial charge in [0, 0.05) is 36.7 Å². The SMILES string of the molecule is CC(C)NC(=O)CCNC(=O)/C=C/c1ccc(OC(F)F)cc1OC(F)F. The fourth-order valence-corrected chi connectivity index (χ4v) is 1.94. The molecule has 0 saturated carbocycles. The summed E-state index contributed by atoms with van der Waals surface area (Å²) in [6.07, 6.45) is 2.30. The van der Waals surface area contributed by atoms with Crippen LogP contribution in [0.1, 0.15) is 25.8 Å². The van der Waals surface area contributed by atoms with Crippen molar-refractivity contribution < 1.29 is 36.6 Å². The number of hydrogen-bond acceptors (Lipinski definition) is 4. The zero-order valence-corrected chi connectivity index (χ0v) is 14.7. The molecule has 0 saturated heterocycles. The second-order valence-corrected chi connectivity index (χ2v) is 5.55. The molecule has 10 heteroatoms. The minimum Gasteiger partial charge on any atom is -0.435 e. The first-order valence-electron chi connectivity index (χ1n) is 7.96. The Morgan fingerprint density at radius 1 is 1.11 bits per heavy atom. The van der Waals surface area contributed by atoms with Gasteiger partial charge in [0.2, 0.25) is 11.8 Å². The van der Waals surface area contributed by atoms with Crippen molar-refractivity contribution in [2.24, 2.45) is 0 Å². The molecule has 0 aliphatic carbocycles. The van der Waals surface area contributed by atoms with Gasteiger partial charge in [-0.05, 0) is 32.1 Å². The van der Waals surface area contributed by atoms with Crippen LogP contribution in [0.25, 0.3) is 6.08 Å². The molecule has 1 aromatic rings. The average molecular weight is 392 g/mol. The van der Waals surface area contributed by atoms with Gasteiger partial charge in [-0.25, -0.2) is 0 Å². The summed E-state index contributed by atoms with van der Waals surface area (Å²) in [6, 6.07) is 3.16. The van der Waals surface area contributed by atoms with Gasteiger partial charge in [0.25, 0.3) is 0 Å². The summed E-state index contributed by atoms with van der Waals surface area (Å²) in [5, 5.41) is 5.11. The van der Waals surface area contributed by atoms with E-state index in [1.807, 2.05) is 0 Å². The summed E-state index contributed by atoms with van der Waals surface area (Å²) in [4.78, 5) is 23.2. The van der Waals surface area contributed by atoms with Crippen molar-refractivity contribution in [2.75, 3.05) is 6.54 Å². The van der Waals surface area contributed by atoms with E-state index in [0.29, 0.717) is 0 Å². The van der Waals surface area contributed by atoms with Gasteiger partial charge >= 0.3 is 13.2 Å². The van der Waals surface area contributed by atoms with Crippen molar-refractivity contribution in [1.82, 2.24) is 10.6 Å². The fraction of sp³-hybridized carbons (Fsp3) is 0.412. The van der Waals surface area contributed by atoms with E-state index in [1.54, 1.807) is 13.8 Å². The molecule has 2 amide bonds. The lowest BCUT2D eigenvalue weighted by Crippen LogP contribution is -2.33. The highest BCUT2D eigenvalue weighted by Gasteiger charge is 2.12. The van der Waals surface area contributed by atoms with Crippen molar-refractivity contribution in [3.63, 3.8) is 0 Å². The molecule has 0 radical (unpaired) electrons. The molecule has 150 valence electrons. The summed E-state index contributed by atoms with van der Waals surface area (Å²) in [6.45, 7) is -2.62. The molecule has 0 heterocycles. The Bertz CT molecular complexity index is 666. The van der Waals surface area contributed by atoms with Crippen molar-refractivity contribution in [3.05, 3.63) is 29.8 Å². The van der Waals surface area contributed by atoms with Gasteiger partial charge in [0.05, 0.1) is 0 Å². The second-order valence-electron chi connectivity index (χ2n) is 5.55. The summed E-state index contributed by atoms with van der Waals surface area (Å²) in [7, 11) is 0. The van der Waals surface area contributed by atoms with Crippen molar-refractivity contribution in [2.45, 2.75) is 39.5 Å². The molecule has 0 fully saturated rings. The number of ether oxygens (including phenoxy) is 2. The van der Waals surface area contributed by atoms with Crippen LogP contribution in [-0.4, -0.2) is 37.6 Å². The molecule has 0 bridgehead atoms.